The van der Waals surface area contributed by atoms with Crippen molar-refractivity contribution in [3.05, 3.63) is 58.6 Å². The Morgan fingerprint density at radius 3 is 2.67 bits per heavy atom. The van der Waals surface area contributed by atoms with Crippen molar-refractivity contribution in [1.29, 1.82) is 0 Å². The van der Waals surface area contributed by atoms with E-state index in [2.05, 4.69) is 19.2 Å². The van der Waals surface area contributed by atoms with E-state index in [9.17, 15) is 9.59 Å². The molecule has 0 fully saturated rings. The zero-order valence-electron chi connectivity index (χ0n) is 13.8. The Bertz CT molecular complexity index is 709. The number of carbonyl (C=O) groups is 1. The fourth-order valence-corrected chi connectivity index (χ4v) is 1.84. The van der Waals surface area contributed by atoms with Gasteiger partial charge in [0.15, 0.2) is 6.61 Å². The lowest BCUT2D eigenvalue weighted by molar-refractivity contribution is 0.144. The molecule has 0 bridgehead atoms. The third kappa shape index (κ3) is 5.79. The number of benzene rings is 1. The third-order valence-electron chi connectivity index (χ3n) is 3.17. The molecule has 0 saturated carbocycles. The Morgan fingerprint density at radius 2 is 2.00 bits per heavy atom. The second kappa shape index (κ2) is 8.76. The van der Waals surface area contributed by atoms with E-state index in [1.54, 1.807) is 24.3 Å². The number of hydrogen-bond acceptors (Lipinski definition) is 5. The van der Waals surface area contributed by atoms with Crippen molar-refractivity contribution in [2.24, 2.45) is 5.92 Å². The number of anilines is 1. The monoisotopic (exact) mass is 331 g/mol. The molecular weight excluding hydrogens is 310 g/mol. The van der Waals surface area contributed by atoms with Crippen molar-refractivity contribution in [2.75, 3.05) is 11.9 Å². The Labute approximate surface area is 140 Å². The summed E-state index contributed by atoms with van der Waals surface area (Å²) < 4.78 is 15.7. The minimum atomic E-state index is -0.624. The zero-order valence-corrected chi connectivity index (χ0v) is 13.8. The fraction of sp³-hybridized carbons (Fsp3) is 0.333. The molecule has 2 rings (SSSR count). The van der Waals surface area contributed by atoms with Gasteiger partial charge in [-0.3, -0.25) is 10.1 Å². The molecule has 2 aromatic rings. The van der Waals surface area contributed by atoms with Crippen LogP contribution in [-0.4, -0.2) is 12.7 Å². The largest absolute Gasteiger partial charge is 0.487 e. The van der Waals surface area contributed by atoms with Gasteiger partial charge in [-0.1, -0.05) is 32.0 Å². The van der Waals surface area contributed by atoms with E-state index in [0.717, 1.165) is 6.42 Å². The van der Waals surface area contributed by atoms with Crippen molar-refractivity contribution in [3.8, 4) is 5.75 Å². The maximum Gasteiger partial charge on any atom is 0.412 e. The van der Waals surface area contributed by atoms with E-state index in [1.807, 2.05) is 6.07 Å². The van der Waals surface area contributed by atoms with Gasteiger partial charge in [0.25, 0.3) is 0 Å². The summed E-state index contributed by atoms with van der Waals surface area (Å²) >= 11 is 0. The maximum absolute atomic E-state index is 11.9. The average molecular weight is 331 g/mol. The van der Waals surface area contributed by atoms with E-state index >= 15 is 0 Å². The lowest BCUT2D eigenvalue weighted by atomic mass is 10.1. The van der Waals surface area contributed by atoms with Crippen LogP contribution >= 0.6 is 0 Å². The van der Waals surface area contributed by atoms with Crippen LogP contribution in [0.3, 0.4) is 0 Å². The van der Waals surface area contributed by atoms with E-state index in [4.69, 9.17) is 13.9 Å². The van der Waals surface area contributed by atoms with Crippen molar-refractivity contribution >= 4 is 11.8 Å². The van der Waals surface area contributed by atoms with Crippen LogP contribution in [0.4, 0.5) is 10.5 Å². The van der Waals surface area contributed by atoms with Crippen LogP contribution in [0.2, 0.25) is 0 Å². The van der Waals surface area contributed by atoms with E-state index in [-0.39, 0.29) is 23.5 Å². The summed E-state index contributed by atoms with van der Waals surface area (Å²) in [6, 6.07) is 10.2. The highest BCUT2D eigenvalue weighted by atomic mass is 16.6. The Balaban J connectivity index is 1.83. The number of para-hydroxylation sites is 1. The third-order valence-corrected chi connectivity index (χ3v) is 3.17. The van der Waals surface area contributed by atoms with Crippen LogP contribution in [0.15, 0.2) is 51.9 Å². The highest BCUT2D eigenvalue weighted by Gasteiger charge is 2.08. The van der Waals surface area contributed by atoms with Crippen molar-refractivity contribution in [3.63, 3.8) is 0 Å². The number of hydrogen-bond donors (Lipinski definition) is 1. The van der Waals surface area contributed by atoms with E-state index < -0.39 is 6.09 Å². The minimum Gasteiger partial charge on any atom is -0.487 e. The number of amides is 1. The molecule has 0 aliphatic carbocycles. The standard InChI is InChI=1S/C18H21NO5/c1-13(2)8-9-22-17-12-23-15(10-16(17)20)11-24-18(21)19-14-6-4-3-5-7-14/h3-7,10,12-13H,8-9,11H2,1-2H3,(H,19,21). The first kappa shape index (κ1) is 17.6. The lowest BCUT2D eigenvalue weighted by Gasteiger charge is -2.08. The quantitative estimate of drug-likeness (QED) is 0.834. The summed E-state index contributed by atoms with van der Waals surface area (Å²) in [7, 11) is 0. The average Bonchev–Trinajstić information content (AvgIpc) is 2.55. The number of rotatable bonds is 7. The predicted octanol–water partition coefficient (Wildman–Crippen LogP) is 3.81. The predicted molar refractivity (Wildman–Crippen MR) is 90.2 cm³/mol. The molecule has 0 unspecified atom stereocenters. The molecular formula is C18H21NO5. The maximum atomic E-state index is 11.9. The number of carbonyl (C=O) groups excluding carboxylic acids is 1. The molecule has 0 radical (unpaired) electrons. The molecule has 0 atom stereocenters. The van der Waals surface area contributed by atoms with Crippen molar-refractivity contribution in [1.82, 2.24) is 0 Å². The Kier molecular flexibility index (Phi) is 6.42. The van der Waals surface area contributed by atoms with Gasteiger partial charge < -0.3 is 13.9 Å². The van der Waals surface area contributed by atoms with Gasteiger partial charge >= 0.3 is 6.09 Å². The SMILES string of the molecule is CC(C)CCOc1coc(COC(=O)Nc2ccccc2)cc1=O. The van der Waals surface area contributed by atoms with Crippen LogP contribution < -0.4 is 15.5 Å². The van der Waals surface area contributed by atoms with Crippen LogP contribution in [0.25, 0.3) is 0 Å². The van der Waals surface area contributed by atoms with Crippen molar-refractivity contribution < 1.29 is 18.7 Å². The summed E-state index contributed by atoms with van der Waals surface area (Å²) in [5.41, 5.74) is 0.324. The summed E-state index contributed by atoms with van der Waals surface area (Å²) in [5, 5.41) is 2.57. The van der Waals surface area contributed by atoms with Gasteiger partial charge in [-0.2, -0.15) is 0 Å². The molecule has 1 aromatic heterocycles. The number of nitrogens with one attached hydrogen (secondary N) is 1. The minimum absolute atomic E-state index is 0.139. The first-order valence-corrected chi connectivity index (χ1v) is 7.78. The molecule has 1 aromatic carbocycles. The van der Waals surface area contributed by atoms with E-state index in [0.29, 0.717) is 18.2 Å². The van der Waals surface area contributed by atoms with Crippen molar-refractivity contribution in [2.45, 2.75) is 26.9 Å². The molecule has 6 nitrogen and oxygen atoms in total. The van der Waals surface area contributed by atoms with Crippen LogP contribution in [0.5, 0.6) is 5.75 Å². The molecule has 1 heterocycles. The smallest absolute Gasteiger partial charge is 0.412 e. The molecule has 24 heavy (non-hydrogen) atoms. The first-order valence-electron chi connectivity index (χ1n) is 7.78. The Morgan fingerprint density at radius 1 is 1.25 bits per heavy atom. The Hall–Kier alpha value is -2.76. The molecule has 1 N–H and O–H groups in total. The molecule has 0 aliphatic rings. The topological polar surface area (TPSA) is 77.8 Å². The molecule has 0 aliphatic heterocycles. The van der Waals surface area contributed by atoms with Gasteiger partial charge in [0, 0.05) is 11.8 Å². The fourth-order valence-electron chi connectivity index (χ4n) is 1.84. The second-order valence-corrected chi connectivity index (χ2v) is 5.67. The van der Waals surface area contributed by atoms with Gasteiger partial charge in [0.05, 0.1) is 6.61 Å². The highest BCUT2D eigenvalue weighted by Crippen LogP contribution is 2.10. The first-order chi connectivity index (χ1) is 11.5. The lowest BCUT2D eigenvalue weighted by Crippen LogP contribution is -2.14. The van der Waals surface area contributed by atoms with Crippen LogP contribution in [-0.2, 0) is 11.3 Å². The summed E-state index contributed by atoms with van der Waals surface area (Å²) in [4.78, 5) is 23.6. The molecule has 0 spiro atoms. The second-order valence-electron chi connectivity index (χ2n) is 5.67. The summed E-state index contributed by atoms with van der Waals surface area (Å²) in [6.45, 7) is 4.47. The van der Waals surface area contributed by atoms with Crippen LogP contribution in [0, 0.1) is 5.92 Å². The molecule has 1 amide bonds. The van der Waals surface area contributed by atoms with Gasteiger partial charge in [-0.25, -0.2) is 4.79 Å². The number of ether oxygens (including phenoxy) is 2. The molecule has 128 valence electrons. The molecule has 6 heteroatoms. The molecule has 0 saturated heterocycles. The van der Waals surface area contributed by atoms with Crippen LogP contribution in [0.1, 0.15) is 26.0 Å². The highest BCUT2D eigenvalue weighted by molar-refractivity contribution is 5.84. The van der Waals surface area contributed by atoms with Gasteiger partial charge in [0.2, 0.25) is 11.2 Å². The normalized spacial score (nSPS) is 10.5. The van der Waals surface area contributed by atoms with Gasteiger partial charge in [-0.05, 0) is 24.5 Å². The van der Waals surface area contributed by atoms with E-state index in [1.165, 1.54) is 12.3 Å². The zero-order chi connectivity index (χ0) is 17.4. The summed E-state index contributed by atoms with van der Waals surface area (Å²) in [5.74, 6) is 0.903. The summed E-state index contributed by atoms with van der Waals surface area (Å²) in [6.07, 6.45) is 1.47. The van der Waals surface area contributed by atoms with Gasteiger partial charge in [0.1, 0.15) is 12.0 Å². The van der Waals surface area contributed by atoms with Gasteiger partial charge in [-0.15, -0.1) is 0 Å².